The van der Waals surface area contributed by atoms with E-state index in [-0.39, 0.29) is 11.5 Å². The van der Waals surface area contributed by atoms with Crippen molar-refractivity contribution in [2.75, 3.05) is 5.32 Å². The number of hydrogen-bond donors (Lipinski definition) is 1. The van der Waals surface area contributed by atoms with E-state index in [1.807, 2.05) is 0 Å². The highest BCUT2D eigenvalue weighted by atomic mass is 79.9. The van der Waals surface area contributed by atoms with Crippen LogP contribution in [-0.2, 0) is 17.5 Å². The molecule has 0 unspecified atom stereocenters. The normalized spacial score (nSPS) is 11.5. The summed E-state index contributed by atoms with van der Waals surface area (Å²) in [6.07, 6.45) is -3.09. The Hall–Kier alpha value is -1.90. The fraction of sp³-hybridized carbons (Fsp3) is 0.250. The van der Waals surface area contributed by atoms with Gasteiger partial charge in [0.15, 0.2) is 0 Å². The number of rotatable bonds is 3. The highest BCUT2D eigenvalue weighted by molar-refractivity contribution is 9.10. The van der Waals surface area contributed by atoms with E-state index in [0.717, 1.165) is 10.5 Å². The van der Waals surface area contributed by atoms with Crippen molar-refractivity contribution in [3.05, 3.63) is 40.3 Å². The molecule has 21 heavy (non-hydrogen) atoms. The summed E-state index contributed by atoms with van der Waals surface area (Å²) in [5.41, 5.74) is -0.768. The Morgan fingerprint density at radius 3 is 2.71 bits per heavy atom. The summed E-state index contributed by atoms with van der Waals surface area (Å²) in [7, 11) is 0. The molecule has 9 heteroatoms. The van der Waals surface area contributed by atoms with E-state index in [1.165, 1.54) is 19.2 Å². The van der Waals surface area contributed by atoms with Crippen LogP contribution < -0.4 is 5.32 Å². The SMILES string of the molecule is Cc1cc(C(F)(F)F)n(CC(=O)Nc2ccc(Br)cn2)n1. The van der Waals surface area contributed by atoms with Crippen LogP contribution in [0.5, 0.6) is 0 Å². The van der Waals surface area contributed by atoms with Crippen molar-refractivity contribution in [2.45, 2.75) is 19.6 Å². The number of alkyl halides is 3. The van der Waals surface area contributed by atoms with Gasteiger partial charge in [-0.15, -0.1) is 0 Å². The summed E-state index contributed by atoms with van der Waals surface area (Å²) in [5.74, 6) is -0.390. The lowest BCUT2D eigenvalue weighted by Gasteiger charge is -2.10. The lowest BCUT2D eigenvalue weighted by atomic mass is 10.3. The van der Waals surface area contributed by atoms with Crippen LogP contribution in [0.1, 0.15) is 11.4 Å². The van der Waals surface area contributed by atoms with Crippen LogP contribution in [0.4, 0.5) is 19.0 Å². The standard InChI is InChI=1S/C12H10BrF3N4O/c1-7-4-9(12(14,15)16)20(19-7)6-11(21)18-10-3-2-8(13)5-17-10/h2-5H,6H2,1H3,(H,17,18,21). The van der Waals surface area contributed by atoms with Crippen molar-refractivity contribution in [1.29, 1.82) is 0 Å². The third kappa shape index (κ3) is 4.03. The van der Waals surface area contributed by atoms with Crippen molar-refractivity contribution in [1.82, 2.24) is 14.8 Å². The molecule has 2 rings (SSSR count). The number of amides is 1. The minimum absolute atomic E-state index is 0.192. The van der Waals surface area contributed by atoms with Crippen LogP contribution in [-0.4, -0.2) is 20.7 Å². The van der Waals surface area contributed by atoms with Crippen molar-refractivity contribution in [3.63, 3.8) is 0 Å². The Labute approximate surface area is 126 Å². The van der Waals surface area contributed by atoms with Gasteiger partial charge in [0.2, 0.25) is 5.91 Å². The van der Waals surface area contributed by atoms with Gasteiger partial charge in [0, 0.05) is 10.7 Å². The maximum Gasteiger partial charge on any atom is 0.433 e. The highest BCUT2D eigenvalue weighted by Gasteiger charge is 2.35. The van der Waals surface area contributed by atoms with Crippen molar-refractivity contribution >= 4 is 27.7 Å². The van der Waals surface area contributed by atoms with E-state index >= 15 is 0 Å². The molecule has 0 bridgehead atoms. The van der Waals surface area contributed by atoms with E-state index in [1.54, 1.807) is 6.07 Å². The first kappa shape index (κ1) is 15.5. The van der Waals surface area contributed by atoms with Crippen molar-refractivity contribution in [2.24, 2.45) is 0 Å². The minimum Gasteiger partial charge on any atom is -0.309 e. The van der Waals surface area contributed by atoms with E-state index in [4.69, 9.17) is 0 Å². The third-order valence-corrected chi connectivity index (χ3v) is 2.95. The first-order chi connectivity index (χ1) is 9.75. The molecule has 0 fully saturated rings. The molecule has 1 N–H and O–H groups in total. The topological polar surface area (TPSA) is 59.8 Å². The van der Waals surface area contributed by atoms with E-state index < -0.39 is 24.3 Å². The summed E-state index contributed by atoms with van der Waals surface area (Å²) in [6.45, 7) is 0.889. The zero-order chi connectivity index (χ0) is 15.6. The maximum absolute atomic E-state index is 12.8. The highest BCUT2D eigenvalue weighted by Crippen LogP contribution is 2.29. The van der Waals surface area contributed by atoms with Gasteiger partial charge < -0.3 is 5.32 Å². The minimum atomic E-state index is -4.56. The van der Waals surface area contributed by atoms with Gasteiger partial charge in [0.05, 0.1) is 5.69 Å². The van der Waals surface area contributed by atoms with Gasteiger partial charge in [0.1, 0.15) is 18.1 Å². The molecule has 2 heterocycles. The van der Waals surface area contributed by atoms with Crippen molar-refractivity contribution in [3.8, 4) is 0 Å². The molecular weight excluding hydrogens is 353 g/mol. The number of carbonyl (C=O) groups is 1. The molecule has 2 aromatic rings. The molecule has 5 nitrogen and oxygen atoms in total. The van der Waals surface area contributed by atoms with Crippen LogP contribution in [0, 0.1) is 6.92 Å². The second kappa shape index (κ2) is 5.84. The maximum atomic E-state index is 12.8. The first-order valence-electron chi connectivity index (χ1n) is 5.79. The summed E-state index contributed by atoms with van der Waals surface area (Å²) in [4.78, 5) is 15.7. The van der Waals surface area contributed by atoms with E-state index in [2.05, 4.69) is 31.3 Å². The van der Waals surface area contributed by atoms with Crippen LogP contribution in [0.25, 0.3) is 0 Å². The summed E-state index contributed by atoms with van der Waals surface area (Å²) in [6, 6.07) is 4.08. The van der Waals surface area contributed by atoms with Gasteiger partial charge in [-0.1, -0.05) is 0 Å². The van der Waals surface area contributed by atoms with Crippen LogP contribution in [0.15, 0.2) is 28.9 Å². The van der Waals surface area contributed by atoms with Gasteiger partial charge in [-0.05, 0) is 41.1 Å². The lowest BCUT2D eigenvalue weighted by molar-refractivity contribution is -0.144. The number of halogens is 4. The molecule has 0 aromatic carbocycles. The molecule has 112 valence electrons. The smallest absolute Gasteiger partial charge is 0.309 e. The summed E-state index contributed by atoms with van der Waals surface area (Å²) < 4.78 is 39.7. The average molecular weight is 363 g/mol. The second-order valence-corrected chi connectivity index (χ2v) is 5.15. The number of nitrogens with zero attached hydrogens (tertiary/aromatic N) is 3. The van der Waals surface area contributed by atoms with Gasteiger partial charge in [-0.25, -0.2) is 4.98 Å². The quantitative estimate of drug-likeness (QED) is 0.912. The van der Waals surface area contributed by atoms with E-state index in [0.29, 0.717) is 4.68 Å². The molecule has 0 saturated heterocycles. The number of anilines is 1. The Balaban J connectivity index is 2.11. The molecule has 0 aliphatic carbocycles. The Bertz CT molecular complexity index is 652. The first-order valence-corrected chi connectivity index (χ1v) is 6.58. The number of hydrogen-bond acceptors (Lipinski definition) is 3. The molecule has 1 amide bonds. The Kier molecular flexibility index (Phi) is 4.31. The molecule has 0 aliphatic heterocycles. The fourth-order valence-corrected chi connectivity index (χ4v) is 1.90. The van der Waals surface area contributed by atoms with E-state index in [9.17, 15) is 18.0 Å². The molecule has 0 atom stereocenters. The number of carbonyl (C=O) groups excluding carboxylic acids is 1. The average Bonchev–Trinajstić information content (AvgIpc) is 2.73. The molecular formula is C12H10BrF3N4O. The van der Waals surface area contributed by atoms with Gasteiger partial charge in [-0.3, -0.25) is 9.48 Å². The third-order valence-electron chi connectivity index (χ3n) is 2.48. The fourth-order valence-electron chi connectivity index (χ4n) is 1.66. The van der Waals surface area contributed by atoms with Crippen LogP contribution >= 0.6 is 15.9 Å². The van der Waals surface area contributed by atoms with Crippen molar-refractivity contribution < 1.29 is 18.0 Å². The predicted molar refractivity (Wildman–Crippen MR) is 72.5 cm³/mol. The van der Waals surface area contributed by atoms with Crippen LogP contribution in [0.3, 0.4) is 0 Å². The number of pyridine rings is 1. The molecule has 0 radical (unpaired) electrons. The Morgan fingerprint density at radius 2 is 2.14 bits per heavy atom. The van der Waals surface area contributed by atoms with Gasteiger partial charge >= 0.3 is 6.18 Å². The summed E-state index contributed by atoms with van der Waals surface area (Å²) >= 11 is 3.19. The second-order valence-electron chi connectivity index (χ2n) is 4.24. The lowest BCUT2D eigenvalue weighted by Crippen LogP contribution is -2.24. The largest absolute Gasteiger partial charge is 0.433 e. The Morgan fingerprint density at radius 1 is 1.43 bits per heavy atom. The number of aromatic nitrogens is 3. The monoisotopic (exact) mass is 362 g/mol. The number of aryl methyl sites for hydroxylation is 1. The predicted octanol–water partition coefficient (Wildman–Crippen LogP) is 3.01. The molecule has 0 aliphatic rings. The molecule has 0 saturated carbocycles. The van der Waals surface area contributed by atoms with Gasteiger partial charge in [0.25, 0.3) is 0 Å². The van der Waals surface area contributed by atoms with Crippen LogP contribution in [0.2, 0.25) is 0 Å². The molecule has 2 aromatic heterocycles. The molecule has 0 spiro atoms. The zero-order valence-electron chi connectivity index (χ0n) is 10.8. The van der Waals surface area contributed by atoms with Gasteiger partial charge in [-0.2, -0.15) is 18.3 Å². The number of nitrogens with one attached hydrogen (secondary N) is 1. The summed E-state index contributed by atoms with van der Waals surface area (Å²) in [5, 5.41) is 6.09. The zero-order valence-corrected chi connectivity index (χ0v) is 12.4.